The number of aromatic nitrogens is 2. The minimum absolute atomic E-state index is 0.0994. The number of carbonyl (C=O) groups is 1. The van der Waals surface area contributed by atoms with Crippen molar-refractivity contribution in [3.63, 3.8) is 0 Å². The molecule has 1 aliphatic rings. The number of anilines is 1. The van der Waals surface area contributed by atoms with Crippen LogP contribution in [0.2, 0.25) is 0 Å². The van der Waals surface area contributed by atoms with Crippen molar-refractivity contribution < 1.29 is 4.79 Å². The van der Waals surface area contributed by atoms with E-state index < -0.39 is 0 Å². The lowest BCUT2D eigenvalue weighted by Crippen LogP contribution is -2.36. The average molecular weight is 296 g/mol. The molecule has 2 aromatic rings. The van der Waals surface area contributed by atoms with Gasteiger partial charge >= 0.3 is 0 Å². The van der Waals surface area contributed by atoms with E-state index in [9.17, 15) is 4.79 Å². The van der Waals surface area contributed by atoms with Crippen molar-refractivity contribution in [3.8, 4) is 0 Å². The number of hydrogen-bond acceptors (Lipinski definition) is 4. The Hall–Kier alpha value is -2.27. The van der Waals surface area contributed by atoms with E-state index in [1.54, 1.807) is 12.4 Å². The summed E-state index contributed by atoms with van der Waals surface area (Å²) in [4.78, 5) is 22.4. The second-order valence-corrected chi connectivity index (χ2v) is 5.57. The van der Waals surface area contributed by atoms with Crippen molar-refractivity contribution in [3.05, 3.63) is 53.6 Å². The van der Waals surface area contributed by atoms with Crippen LogP contribution in [0.3, 0.4) is 0 Å². The van der Waals surface area contributed by atoms with E-state index >= 15 is 0 Å². The summed E-state index contributed by atoms with van der Waals surface area (Å²) >= 11 is 0. The van der Waals surface area contributed by atoms with Crippen LogP contribution in [0.15, 0.2) is 36.9 Å². The van der Waals surface area contributed by atoms with E-state index in [4.69, 9.17) is 5.73 Å². The fraction of sp³-hybridized carbons (Fsp3) is 0.353. The molecule has 1 amide bonds. The quantitative estimate of drug-likeness (QED) is 0.928. The molecule has 0 bridgehead atoms. The molecule has 5 nitrogen and oxygen atoms in total. The zero-order valence-corrected chi connectivity index (χ0v) is 12.5. The molecule has 0 spiro atoms. The minimum Gasteiger partial charge on any atom is -0.330 e. The first-order valence-corrected chi connectivity index (χ1v) is 7.64. The lowest BCUT2D eigenvalue weighted by molar-refractivity contribution is -0.118. The van der Waals surface area contributed by atoms with Crippen LogP contribution in [-0.4, -0.2) is 29.0 Å². The third-order valence-corrected chi connectivity index (χ3v) is 3.97. The first-order chi connectivity index (χ1) is 10.8. The van der Waals surface area contributed by atoms with Crippen molar-refractivity contribution in [1.29, 1.82) is 0 Å². The Morgan fingerprint density at radius 1 is 1.23 bits per heavy atom. The minimum atomic E-state index is 0.0994. The average Bonchev–Trinajstić information content (AvgIpc) is 2.55. The molecule has 0 saturated carbocycles. The maximum absolute atomic E-state index is 12.6. The molecule has 0 fully saturated rings. The molecule has 3 rings (SSSR count). The monoisotopic (exact) mass is 296 g/mol. The zero-order chi connectivity index (χ0) is 15.4. The van der Waals surface area contributed by atoms with E-state index in [1.807, 2.05) is 4.90 Å². The molecule has 0 unspecified atom stereocenters. The molecule has 1 aromatic heterocycles. The van der Waals surface area contributed by atoms with Crippen LogP contribution in [0, 0.1) is 0 Å². The summed E-state index contributed by atoms with van der Waals surface area (Å²) in [5.74, 6) is 0.0994. The Balaban J connectivity index is 1.80. The third kappa shape index (κ3) is 3.14. The second-order valence-electron chi connectivity index (χ2n) is 5.57. The number of benzene rings is 1. The number of amides is 1. The van der Waals surface area contributed by atoms with Crippen LogP contribution in [-0.2, 0) is 24.1 Å². The molecule has 5 heteroatoms. The maximum Gasteiger partial charge on any atom is 0.231 e. The lowest BCUT2D eigenvalue weighted by atomic mass is 9.97. The standard InChI is InChI=1S/C17H20N4O/c18-6-5-13-3-4-16-15(8-13)2-1-7-21(16)17(22)9-14-10-19-12-20-11-14/h3-4,8,10-12H,1-2,5-7,9,18H2. The Morgan fingerprint density at radius 3 is 2.82 bits per heavy atom. The number of aryl methyl sites for hydroxylation is 1. The summed E-state index contributed by atoms with van der Waals surface area (Å²) in [6, 6.07) is 6.31. The van der Waals surface area contributed by atoms with Gasteiger partial charge in [-0.15, -0.1) is 0 Å². The fourth-order valence-corrected chi connectivity index (χ4v) is 2.92. The molecule has 0 aliphatic carbocycles. The van der Waals surface area contributed by atoms with Gasteiger partial charge in [-0.2, -0.15) is 0 Å². The predicted octanol–water partition coefficient (Wildman–Crippen LogP) is 1.50. The van der Waals surface area contributed by atoms with Gasteiger partial charge in [0.05, 0.1) is 6.42 Å². The number of rotatable bonds is 4. The summed E-state index contributed by atoms with van der Waals surface area (Å²) in [7, 11) is 0. The lowest BCUT2D eigenvalue weighted by Gasteiger charge is -2.30. The van der Waals surface area contributed by atoms with E-state index in [2.05, 4.69) is 28.2 Å². The third-order valence-electron chi connectivity index (χ3n) is 3.97. The summed E-state index contributed by atoms with van der Waals surface area (Å²) < 4.78 is 0. The van der Waals surface area contributed by atoms with Crippen molar-refractivity contribution in [1.82, 2.24) is 9.97 Å². The number of carbonyl (C=O) groups excluding carboxylic acids is 1. The van der Waals surface area contributed by atoms with Crippen LogP contribution >= 0.6 is 0 Å². The van der Waals surface area contributed by atoms with Crippen LogP contribution in [0.1, 0.15) is 23.1 Å². The van der Waals surface area contributed by atoms with E-state index in [-0.39, 0.29) is 5.91 Å². The van der Waals surface area contributed by atoms with E-state index in [0.29, 0.717) is 13.0 Å². The van der Waals surface area contributed by atoms with Gasteiger partial charge in [0.15, 0.2) is 0 Å². The SMILES string of the molecule is NCCc1ccc2c(c1)CCCN2C(=O)Cc1cncnc1. The van der Waals surface area contributed by atoms with Crippen LogP contribution < -0.4 is 10.6 Å². The first kappa shape index (κ1) is 14.7. The Labute approximate surface area is 130 Å². The molecule has 1 aromatic carbocycles. The van der Waals surface area contributed by atoms with Crippen molar-refractivity contribution in [2.45, 2.75) is 25.7 Å². The summed E-state index contributed by atoms with van der Waals surface area (Å²) in [5, 5.41) is 0. The Bertz CT molecular complexity index is 657. The fourth-order valence-electron chi connectivity index (χ4n) is 2.92. The van der Waals surface area contributed by atoms with Gasteiger partial charge in [0.2, 0.25) is 5.91 Å². The van der Waals surface area contributed by atoms with Gasteiger partial charge in [0, 0.05) is 24.6 Å². The van der Waals surface area contributed by atoms with Crippen molar-refractivity contribution in [2.75, 3.05) is 18.0 Å². The number of nitrogens with zero attached hydrogens (tertiary/aromatic N) is 3. The van der Waals surface area contributed by atoms with Crippen LogP contribution in [0.5, 0.6) is 0 Å². The molecule has 2 heterocycles. The first-order valence-electron chi connectivity index (χ1n) is 7.64. The zero-order valence-electron chi connectivity index (χ0n) is 12.5. The largest absolute Gasteiger partial charge is 0.330 e. The number of nitrogens with two attached hydrogens (primary N) is 1. The second kappa shape index (κ2) is 6.66. The van der Waals surface area contributed by atoms with E-state index in [1.165, 1.54) is 17.5 Å². The van der Waals surface area contributed by atoms with Gasteiger partial charge < -0.3 is 10.6 Å². The summed E-state index contributed by atoms with van der Waals surface area (Å²) in [6.07, 6.45) is 8.10. The Kier molecular flexibility index (Phi) is 4.44. The normalized spacial score (nSPS) is 13.8. The van der Waals surface area contributed by atoms with Crippen LogP contribution in [0.25, 0.3) is 0 Å². The predicted molar refractivity (Wildman–Crippen MR) is 85.6 cm³/mol. The van der Waals surface area contributed by atoms with Gasteiger partial charge in [-0.25, -0.2) is 9.97 Å². The van der Waals surface area contributed by atoms with Crippen molar-refractivity contribution >= 4 is 11.6 Å². The molecule has 114 valence electrons. The molecule has 2 N–H and O–H groups in total. The van der Waals surface area contributed by atoms with Gasteiger partial charge in [-0.05, 0) is 48.6 Å². The Morgan fingerprint density at radius 2 is 2.05 bits per heavy atom. The number of fused-ring (bicyclic) bond motifs is 1. The molecule has 0 saturated heterocycles. The van der Waals surface area contributed by atoms with Gasteiger partial charge in [-0.1, -0.05) is 12.1 Å². The van der Waals surface area contributed by atoms with Gasteiger partial charge in [-0.3, -0.25) is 4.79 Å². The van der Waals surface area contributed by atoms with Crippen LogP contribution in [0.4, 0.5) is 5.69 Å². The van der Waals surface area contributed by atoms with Gasteiger partial charge in [0.1, 0.15) is 6.33 Å². The molecule has 1 aliphatic heterocycles. The molecule has 0 radical (unpaired) electrons. The highest BCUT2D eigenvalue weighted by atomic mass is 16.2. The highest BCUT2D eigenvalue weighted by Gasteiger charge is 2.22. The topological polar surface area (TPSA) is 72.1 Å². The van der Waals surface area contributed by atoms with E-state index in [0.717, 1.165) is 37.1 Å². The molecule has 0 atom stereocenters. The smallest absolute Gasteiger partial charge is 0.231 e. The summed E-state index contributed by atoms with van der Waals surface area (Å²) in [6.45, 7) is 1.42. The highest BCUT2D eigenvalue weighted by molar-refractivity contribution is 5.95. The molecular weight excluding hydrogens is 276 g/mol. The number of hydrogen-bond donors (Lipinski definition) is 1. The summed E-state index contributed by atoms with van der Waals surface area (Å²) in [5.41, 5.74) is 9.99. The maximum atomic E-state index is 12.6. The molecular formula is C17H20N4O. The molecule has 22 heavy (non-hydrogen) atoms. The van der Waals surface area contributed by atoms with Gasteiger partial charge in [0.25, 0.3) is 0 Å². The van der Waals surface area contributed by atoms with Crippen molar-refractivity contribution in [2.24, 2.45) is 5.73 Å². The highest BCUT2D eigenvalue weighted by Crippen LogP contribution is 2.28.